The first-order chi connectivity index (χ1) is 13.9. The second-order valence-electron chi connectivity index (χ2n) is 8.06. The van der Waals surface area contributed by atoms with E-state index in [0.29, 0.717) is 19.5 Å². The first-order valence-electron chi connectivity index (χ1n) is 9.94. The number of hydrogen-bond donors (Lipinski definition) is 0. The molecule has 154 valence electrons. The van der Waals surface area contributed by atoms with E-state index in [-0.39, 0.29) is 42.0 Å². The molecule has 0 atom stereocenters. The molecule has 9 heteroatoms. The number of piperazine rings is 1. The Labute approximate surface area is 170 Å². The lowest BCUT2D eigenvalue weighted by Gasteiger charge is -2.35. The fraction of sp³-hybridized carbons (Fsp3) is 0.550. The zero-order valence-electron chi connectivity index (χ0n) is 16.2. The molecule has 0 N–H and O–H groups in total. The third kappa shape index (κ3) is 3.45. The van der Waals surface area contributed by atoms with Gasteiger partial charge >= 0.3 is 0 Å². The maximum absolute atomic E-state index is 12.9. The average molecular weight is 417 g/mol. The van der Waals surface area contributed by atoms with Crippen molar-refractivity contribution in [1.82, 2.24) is 14.1 Å². The minimum absolute atomic E-state index is 0.0176. The smallest absolute Gasteiger partial charge is 0.244 e. The summed E-state index contributed by atoms with van der Waals surface area (Å²) in [7, 11) is -3.76. The number of amides is 2. The second kappa shape index (κ2) is 7.52. The molecule has 0 unspecified atom stereocenters. The van der Waals surface area contributed by atoms with Crippen LogP contribution in [0.15, 0.2) is 29.2 Å². The maximum Gasteiger partial charge on any atom is 0.244 e. The fourth-order valence-corrected chi connectivity index (χ4v) is 6.24. The molecule has 1 aromatic carbocycles. The Bertz CT molecular complexity index is 970. The van der Waals surface area contributed by atoms with E-state index in [0.717, 1.165) is 25.7 Å². The highest BCUT2D eigenvalue weighted by molar-refractivity contribution is 7.89. The summed E-state index contributed by atoms with van der Waals surface area (Å²) >= 11 is 0. The van der Waals surface area contributed by atoms with Crippen LogP contribution in [0.3, 0.4) is 0 Å². The van der Waals surface area contributed by atoms with E-state index in [1.165, 1.54) is 21.3 Å². The van der Waals surface area contributed by atoms with Crippen LogP contribution in [-0.4, -0.2) is 67.2 Å². The number of carbonyl (C=O) groups excluding carboxylic acids is 2. The van der Waals surface area contributed by atoms with Crippen LogP contribution < -0.4 is 0 Å². The van der Waals surface area contributed by atoms with Gasteiger partial charge in [0.25, 0.3) is 0 Å². The molecule has 1 spiro atoms. The van der Waals surface area contributed by atoms with Crippen molar-refractivity contribution in [3.05, 3.63) is 29.8 Å². The third-order valence-electron chi connectivity index (χ3n) is 6.35. The SMILES string of the molecule is N#Cc1ccccc1S(=O)(=O)N1CCN(CN2C(=O)CC3(CCCC3)C2=O)CC1. The largest absolute Gasteiger partial charge is 0.283 e. The van der Waals surface area contributed by atoms with Crippen molar-refractivity contribution >= 4 is 21.8 Å². The first-order valence-corrected chi connectivity index (χ1v) is 11.4. The molecule has 2 aliphatic heterocycles. The van der Waals surface area contributed by atoms with E-state index in [1.54, 1.807) is 12.1 Å². The summed E-state index contributed by atoms with van der Waals surface area (Å²) in [5.74, 6) is -0.173. The molecule has 8 nitrogen and oxygen atoms in total. The van der Waals surface area contributed by atoms with Gasteiger partial charge in [0.15, 0.2) is 0 Å². The number of rotatable bonds is 4. The molecule has 3 aliphatic rings. The summed E-state index contributed by atoms with van der Waals surface area (Å²) in [5, 5.41) is 9.21. The van der Waals surface area contributed by atoms with Crippen LogP contribution >= 0.6 is 0 Å². The molecule has 2 saturated heterocycles. The van der Waals surface area contributed by atoms with Gasteiger partial charge in [0, 0.05) is 32.6 Å². The summed E-state index contributed by atoms with van der Waals surface area (Å²) in [6.07, 6.45) is 3.88. The van der Waals surface area contributed by atoms with E-state index in [1.807, 2.05) is 11.0 Å². The number of nitrogens with zero attached hydrogens (tertiary/aromatic N) is 4. The van der Waals surface area contributed by atoms with E-state index in [9.17, 15) is 23.3 Å². The quantitative estimate of drug-likeness (QED) is 0.682. The van der Waals surface area contributed by atoms with Gasteiger partial charge in [-0.05, 0) is 25.0 Å². The van der Waals surface area contributed by atoms with Crippen molar-refractivity contribution in [3.8, 4) is 6.07 Å². The van der Waals surface area contributed by atoms with Gasteiger partial charge in [-0.25, -0.2) is 8.42 Å². The Morgan fingerprint density at radius 3 is 2.34 bits per heavy atom. The van der Waals surface area contributed by atoms with Gasteiger partial charge in [0.2, 0.25) is 21.8 Å². The van der Waals surface area contributed by atoms with E-state index in [2.05, 4.69) is 0 Å². The fourth-order valence-electron chi connectivity index (χ4n) is 4.68. The van der Waals surface area contributed by atoms with Crippen molar-refractivity contribution in [2.45, 2.75) is 37.0 Å². The molecule has 29 heavy (non-hydrogen) atoms. The van der Waals surface area contributed by atoms with Crippen molar-refractivity contribution in [1.29, 1.82) is 5.26 Å². The number of nitriles is 1. The van der Waals surface area contributed by atoms with Crippen molar-refractivity contribution in [3.63, 3.8) is 0 Å². The summed E-state index contributed by atoms with van der Waals surface area (Å²) < 4.78 is 27.2. The molecule has 0 bridgehead atoms. The van der Waals surface area contributed by atoms with Gasteiger partial charge in [-0.2, -0.15) is 9.57 Å². The lowest BCUT2D eigenvalue weighted by molar-refractivity contribution is -0.144. The molecular formula is C20H24N4O4S. The van der Waals surface area contributed by atoms with E-state index >= 15 is 0 Å². The van der Waals surface area contributed by atoms with Crippen molar-refractivity contribution in [2.75, 3.05) is 32.8 Å². The number of sulfonamides is 1. The molecular weight excluding hydrogens is 392 g/mol. The van der Waals surface area contributed by atoms with Crippen LogP contribution in [0.4, 0.5) is 0 Å². The topological polar surface area (TPSA) is 102 Å². The Hall–Kier alpha value is -2.28. The summed E-state index contributed by atoms with van der Waals surface area (Å²) in [5.41, 5.74) is -0.353. The number of hydrogen-bond acceptors (Lipinski definition) is 6. The van der Waals surface area contributed by atoms with Crippen LogP contribution in [-0.2, 0) is 19.6 Å². The maximum atomic E-state index is 12.9. The van der Waals surface area contributed by atoms with Crippen molar-refractivity contribution in [2.24, 2.45) is 5.41 Å². The van der Waals surface area contributed by atoms with Gasteiger partial charge in [-0.15, -0.1) is 0 Å². The van der Waals surface area contributed by atoms with Crippen LogP contribution in [0.1, 0.15) is 37.7 Å². The minimum atomic E-state index is -3.76. The van der Waals surface area contributed by atoms with Gasteiger partial charge in [-0.1, -0.05) is 25.0 Å². The number of imide groups is 1. The molecule has 0 radical (unpaired) electrons. The lowest BCUT2D eigenvalue weighted by atomic mass is 9.85. The monoisotopic (exact) mass is 416 g/mol. The van der Waals surface area contributed by atoms with Gasteiger partial charge in [0.1, 0.15) is 6.07 Å². The zero-order chi connectivity index (χ0) is 20.6. The second-order valence-corrected chi connectivity index (χ2v) is 9.97. The highest BCUT2D eigenvalue weighted by atomic mass is 32.2. The molecule has 1 saturated carbocycles. The number of carbonyl (C=O) groups is 2. The van der Waals surface area contributed by atoms with Crippen LogP contribution in [0.25, 0.3) is 0 Å². The molecule has 0 aromatic heterocycles. The van der Waals surface area contributed by atoms with E-state index < -0.39 is 15.4 Å². The molecule has 2 heterocycles. The first kappa shape index (κ1) is 20.0. The molecule has 2 amide bonds. The predicted octanol–water partition coefficient (Wildman–Crippen LogP) is 1.14. The Balaban J connectivity index is 1.41. The number of benzene rings is 1. The zero-order valence-corrected chi connectivity index (χ0v) is 17.0. The molecule has 3 fully saturated rings. The standard InChI is InChI=1S/C20H24N4O4S/c21-14-16-5-1-2-6-17(16)29(27,28)23-11-9-22(10-12-23)15-24-18(25)13-20(19(24)26)7-3-4-8-20/h1-2,5-6H,3-4,7-13,15H2. The van der Waals surface area contributed by atoms with Crippen LogP contribution in [0, 0.1) is 16.7 Å². The molecule has 4 rings (SSSR count). The van der Waals surface area contributed by atoms with Crippen LogP contribution in [0.5, 0.6) is 0 Å². The lowest BCUT2D eigenvalue weighted by Crippen LogP contribution is -2.52. The third-order valence-corrected chi connectivity index (χ3v) is 8.30. The minimum Gasteiger partial charge on any atom is -0.283 e. The van der Waals surface area contributed by atoms with Crippen LogP contribution in [0.2, 0.25) is 0 Å². The predicted molar refractivity (Wildman–Crippen MR) is 104 cm³/mol. The summed E-state index contributed by atoms with van der Waals surface area (Å²) in [6, 6.07) is 8.11. The normalized spacial score (nSPS) is 23.1. The van der Waals surface area contributed by atoms with E-state index in [4.69, 9.17) is 0 Å². The Morgan fingerprint density at radius 1 is 1.03 bits per heavy atom. The highest BCUT2D eigenvalue weighted by Gasteiger charge is 2.52. The number of likely N-dealkylation sites (tertiary alicyclic amines) is 1. The summed E-state index contributed by atoms with van der Waals surface area (Å²) in [4.78, 5) is 28.6. The van der Waals surface area contributed by atoms with Gasteiger partial charge in [-0.3, -0.25) is 19.4 Å². The molecule has 1 aromatic rings. The summed E-state index contributed by atoms with van der Waals surface area (Å²) in [6.45, 7) is 1.59. The Morgan fingerprint density at radius 2 is 1.69 bits per heavy atom. The van der Waals surface area contributed by atoms with Gasteiger partial charge < -0.3 is 0 Å². The van der Waals surface area contributed by atoms with Crippen molar-refractivity contribution < 1.29 is 18.0 Å². The average Bonchev–Trinajstić information content (AvgIpc) is 3.29. The molecule has 1 aliphatic carbocycles. The highest BCUT2D eigenvalue weighted by Crippen LogP contribution is 2.46. The van der Waals surface area contributed by atoms with Gasteiger partial charge in [0.05, 0.1) is 22.5 Å². The Kier molecular flexibility index (Phi) is 5.19.